The molecule has 5 saturated carbocycles. The molecule has 1 nitrogen and oxygen atoms in total. The van der Waals surface area contributed by atoms with Crippen molar-refractivity contribution < 1.29 is 5.11 Å². The Morgan fingerprint density at radius 3 is 2.74 bits per heavy atom. The third-order valence-corrected chi connectivity index (χ3v) is 12.9. The zero-order valence-corrected chi connectivity index (χ0v) is 22.6. The number of rotatable bonds is 7. The SMILES string of the molecule is CCC1(C2CC2C(O)CSCC2=C(C)C=CC3C=CC4=CCCC=C4CC23)C2CC3CC(C2)C1C3. The molecular weight excluding hydrogens is 444 g/mol. The van der Waals surface area contributed by atoms with Crippen molar-refractivity contribution in [3.8, 4) is 0 Å². The highest BCUT2D eigenvalue weighted by molar-refractivity contribution is 7.99. The molecule has 1 N–H and O–H groups in total. The summed E-state index contributed by atoms with van der Waals surface area (Å²) in [7, 11) is 0. The van der Waals surface area contributed by atoms with Crippen molar-refractivity contribution in [1.29, 1.82) is 0 Å². The molecule has 10 atom stereocenters. The van der Waals surface area contributed by atoms with Crippen LogP contribution in [0.3, 0.4) is 0 Å². The van der Waals surface area contributed by atoms with E-state index in [1.54, 1.807) is 11.1 Å². The first-order valence-electron chi connectivity index (χ1n) is 14.8. The van der Waals surface area contributed by atoms with E-state index in [0.717, 1.165) is 41.1 Å². The van der Waals surface area contributed by atoms with Crippen molar-refractivity contribution in [2.45, 2.75) is 77.7 Å². The molecule has 0 aromatic carbocycles. The summed E-state index contributed by atoms with van der Waals surface area (Å²) in [6.07, 6.45) is 26.8. The fourth-order valence-electron chi connectivity index (χ4n) is 10.3. The summed E-state index contributed by atoms with van der Waals surface area (Å²) < 4.78 is 0. The van der Waals surface area contributed by atoms with Crippen LogP contribution in [0.5, 0.6) is 0 Å². The standard InChI is InChI=1S/C33H44OS/c1-3-33(26-13-21-12-25(15-26)30(33)14-21)31-17-28(31)32(34)19-35-18-29-20(2)8-9-23-11-10-22-6-4-5-7-24(22)16-27(23)29/h6-11,21,23,25-28,30-32,34H,3-5,12-19H2,1-2H3. The smallest absolute Gasteiger partial charge is 0.0661 e. The van der Waals surface area contributed by atoms with Crippen LogP contribution in [-0.4, -0.2) is 22.7 Å². The van der Waals surface area contributed by atoms with Gasteiger partial charge in [0, 0.05) is 17.4 Å². The molecule has 0 aliphatic heterocycles. The van der Waals surface area contributed by atoms with E-state index in [9.17, 15) is 5.11 Å². The number of allylic oxidation sites excluding steroid dienone is 9. The van der Waals surface area contributed by atoms with Gasteiger partial charge in [-0.25, -0.2) is 0 Å². The van der Waals surface area contributed by atoms with Gasteiger partial charge in [0.2, 0.25) is 0 Å². The van der Waals surface area contributed by atoms with Crippen LogP contribution < -0.4 is 0 Å². The lowest BCUT2D eigenvalue weighted by atomic mass is 9.59. The van der Waals surface area contributed by atoms with Crippen molar-refractivity contribution in [3.63, 3.8) is 0 Å². The highest BCUT2D eigenvalue weighted by Gasteiger charge is 2.68. The van der Waals surface area contributed by atoms with Crippen LogP contribution in [0, 0.1) is 52.8 Å². The van der Waals surface area contributed by atoms with Crippen LogP contribution in [0.4, 0.5) is 0 Å². The number of thioether (sulfide) groups is 1. The summed E-state index contributed by atoms with van der Waals surface area (Å²) in [5.41, 5.74) is 6.74. The number of fused-ring (bicyclic) bond motifs is 2. The summed E-state index contributed by atoms with van der Waals surface area (Å²) in [5, 5.41) is 11.3. The maximum atomic E-state index is 11.3. The second-order valence-corrected chi connectivity index (χ2v) is 14.2. The first kappa shape index (κ1) is 23.2. The summed E-state index contributed by atoms with van der Waals surface area (Å²) >= 11 is 2.01. The van der Waals surface area contributed by atoms with Crippen LogP contribution in [0.25, 0.3) is 0 Å². The molecule has 5 fully saturated rings. The van der Waals surface area contributed by atoms with Gasteiger partial charge in [0.05, 0.1) is 6.10 Å². The van der Waals surface area contributed by atoms with E-state index in [2.05, 4.69) is 50.3 Å². The number of hydrogen-bond acceptors (Lipinski definition) is 2. The maximum Gasteiger partial charge on any atom is 0.0661 e. The Balaban J connectivity index is 0.993. The molecule has 2 heteroatoms. The highest BCUT2D eigenvalue weighted by Crippen LogP contribution is 2.75. The molecule has 35 heavy (non-hydrogen) atoms. The fraction of sp³-hybridized carbons (Fsp3) is 0.697. The molecule has 0 saturated heterocycles. The summed E-state index contributed by atoms with van der Waals surface area (Å²) in [4.78, 5) is 0. The monoisotopic (exact) mass is 488 g/mol. The Morgan fingerprint density at radius 1 is 1.03 bits per heavy atom. The second-order valence-electron chi connectivity index (χ2n) is 13.2. The molecule has 0 aromatic rings. The Kier molecular flexibility index (Phi) is 5.82. The lowest BCUT2D eigenvalue weighted by molar-refractivity contribution is 0.0230. The van der Waals surface area contributed by atoms with Crippen molar-refractivity contribution in [2.75, 3.05) is 11.5 Å². The van der Waals surface area contributed by atoms with Gasteiger partial charge >= 0.3 is 0 Å². The van der Waals surface area contributed by atoms with Crippen LogP contribution in [0.1, 0.15) is 71.6 Å². The molecule has 8 aliphatic carbocycles. The number of aliphatic hydroxyl groups excluding tert-OH is 1. The van der Waals surface area contributed by atoms with Gasteiger partial charge in [-0.2, -0.15) is 11.8 Å². The average molecular weight is 489 g/mol. The molecule has 10 unspecified atom stereocenters. The quantitative estimate of drug-likeness (QED) is 0.393. The van der Waals surface area contributed by atoms with Crippen molar-refractivity contribution in [3.05, 3.63) is 58.7 Å². The summed E-state index contributed by atoms with van der Waals surface area (Å²) in [6, 6.07) is 0. The second kappa shape index (κ2) is 8.80. The first-order chi connectivity index (χ1) is 17.1. The van der Waals surface area contributed by atoms with E-state index in [0.29, 0.717) is 23.2 Å². The number of hydrogen-bond donors (Lipinski definition) is 1. The van der Waals surface area contributed by atoms with Gasteiger partial charge in [0.25, 0.3) is 0 Å². The minimum atomic E-state index is -0.106. The Hall–Kier alpha value is -0.990. The number of aliphatic hydroxyl groups is 1. The third-order valence-electron chi connectivity index (χ3n) is 11.8. The van der Waals surface area contributed by atoms with Gasteiger partial charge in [-0.3, -0.25) is 0 Å². The van der Waals surface area contributed by atoms with Crippen LogP contribution in [0.15, 0.2) is 58.7 Å². The molecule has 8 rings (SSSR count). The normalized spacial score (nSPS) is 45.7. The third kappa shape index (κ3) is 3.67. The lowest BCUT2D eigenvalue weighted by Gasteiger charge is -2.45. The zero-order valence-electron chi connectivity index (χ0n) is 21.8. The molecule has 0 radical (unpaired) electrons. The van der Waals surface area contributed by atoms with E-state index in [4.69, 9.17) is 0 Å². The van der Waals surface area contributed by atoms with Gasteiger partial charge in [0.15, 0.2) is 0 Å². The van der Waals surface area contributed by atoms with Gasteiger partial charge in [-0.1, -0.05) is 54.5 Å². The van der Waals surface area contributed by atoms with E-state index in [1.807, 2.05) is 11.8 Å². The Bertz CT molecular complexity index is 1020. The van der Waals surface area contributed by atoms with Gasteiger partial charge in [0.1, 0.15) is 0 Å². The van der Waals surface area contributed by atoms with Crippen LogP contribution >= 0.6 is 11.8 Å². The Labute approximate surface area is 217 Å². The molecule has 0 amide bonds. The highest BCUT2D eigenvalue weighted by atomic mass is 32.2. The largest absolute Gasteiger partial charge is 0.392 e. The van der Waals surface area contributed by atoms with E-state index in [1.165, 1.54) is 68.9 Å². The van der Waals surface area contributed by atoms with Gasteiger partial charge in [-0.15, -0.1) is 0 Å². The van der Waals surface area contributed by atoms with Crippen LogP contribution in [0.2, 0.25) is 0 Å². The van der Waals surface area contributed by atoms with Gasteiger partial charge in [-0.05, 0) is 123 Å². The van der Waals surface area contributed by atoms with Crippen molar-refractivity contribution >= 4 is 11.8 Å². The predicted molar refractivity (Wildman–Crippen MR) is 148 cm³/mol. The maximum absolute atomic E-state index is 11.3. The van der Waals surface area contributed by atoms with E-state index in [-0.39, 0.29) is 6.10 Å². The topological polar surface area (TPSA) is 20.2 Å². The fourth-order valence-corrected chi connectivity index (χ4v) is 11.6. The molecule has 0 aromatic heterocycles. The summed E-state index contributed by atoms with van der Waals surface area (Å²) in [6.45, 7) is 4.79. The molecule has 188 valence electrons. The minimum Gasteiger partial charge on any atom is -0.392 e. The average Bonchev–Trinajstić information content (AvgIpc) is 3.60. The van der Waals surface area contributed by atoms with Crippen molar-refractivity contribution in [1.82, 2.24) is 0 Å². The van der Waals surface area contributed by atoms with E-state index < -0.39 is 0 Å². The summed E-state index contributed by atoms with van der Waals surface area (Å²) in [5.74, 6) is 8.61. The Morgan fingerprint density at radius 2 is 1.89 bits per heavy atom. The molecule has 0 spiro atoms. The molecule has 4 bridgehead atoms. The van der Waals surface area contributed by atoms with Crippen molar-refractivity contribution in [2.24, 2.45) is 52.8 Å². The van der Waals surface area contributed by atoms with Crippen LogP contribution in [-0.2, 0) is 0 Å². The minimum absolute atomic E-state index is 0.106. The lowest BCUT2D eigenvalue weighted by Crippen LogP contribution is -2.39. The molecule has 8 aliphatic rings. The molecule has 0 heterocycles. The predicted octanol–water partition coefficient (Wildman–Crippen LogP) is 7.90. The molecular formula is C33H44OS. The van der Waals surface area contributed by atoms with Gasteiger partial charge < -0.3 is 5.11 Å². The zero-order chi connectivity index (χ0) is 23.7. The van der Waals surface area contributed by atoms with E-state index >= 15 is 0 Å². The first-order valence-corrected chi connectivity index (χ1v) is 15.9.